The maximum Gasteiger partial charge on any atom is 0.134 e. The molecule has 1 atom stereocenters. The fraction of sp³-hybridized carbons (Fsp3) is 0.455. The Morgan fingerprint density at radius 3 is 2.40 bits per heavy atom. The minimum absolute atomic E-state index is 0.619. The van der Waals surface area contributed by atoms with Gasteiger partial charge in [-0.15, -0.1) is 0 Å². The highest BCUT2D eigenvalue weighted by Gasteiger charge is 2.15. The van der Waals surface area contributed by atoms with Crippen molar-refractivity contribution in [1.82, 2.24) is 5.32 Å². The summed E-state index contributed by atoms with van der Waals surface area (Å²) in [5.41, 5.74) is 1.66. The van der Waals surface area contributed by atoms with Crippen LogP contribution in [0.3, 0.4) is 0 Å². The molecule has 0 fully saturated rings. The van der Waals surface area contributed by atoms with Gasteiger partial charge in [-0.3, -0.25) is 5.32 Å². The monoisotopic (exact) mass is 211 g/mol. The molecule has 1 aromatic carbocycles. The molecule has 0 radical (unpaired) electrons. The molecule has 0 saturated carbocycles. The van der Waals surface area contributed by atoms with Gasteiger partial charge < -0.3 is 14.6 Å². The standard InChI is InChI=1S/C11H17NO3/c1-7-5-8(14-3)6-9(15-4)10(7)11(13)12-2/h5-6,11-13H,1-4H3. The van der Waals surface area contributed by atoms with E-state index < -0.39 is 6.23 Å². The Balaban J connectivity index is 3.24. The molecule has 1 rings (SSSR count). The number of aliphatic hydroxyl groups excluding tert-OH is 1. The second-order valence-corrected chi connectivity index (χ2v) is 3.25. The van der Waals surface area contributed by atoms with Gasteiger partial charge in [-0.25, -0.2) is 0 Å². The molecular formula is C11H17NO3. The number of hydrogen-bond acceptors (Lipinski definition) is 4. The summed E-state index contributed by atoms with van der Waals surface area (Å²) in [6.45, 7) is 1.90. The molecule has 0 heterocycles. The third kappa shape index (κ3) is 2.40. The van der Waals surface area contributed by atoms with Crippen LogP contribution in [0.25, 0.3) is 0 Å². The van der Waals surface area contributed by atoms with Crippen LogP contribution in [0.1, 0.15) is 17.4 Å². The van der Waals surface area contributed by atoms with Gasteiger partial charge >= 0.3 is 0 Å². The van der Waals surface area contributed by atoms with Crippen LogP contribution in [-0.2, 0) is 0 Å². The Morgan fingerprint density at radius 2 is 1.93 bits per heavy atom. The zero-order chi connectivity index (χ0) is 11.4. The highest BCUT2D eigenvalue weighted by molar-refractivity contribution is 5.47. The van der Waals surface area contributed by atoms with Crippen molar-refractivity contribution in [2.24, 2.45) is 0 Å². The number of ether oxygens (including phenoxy) is 2. The van der Waals surface area contributed by atoms with E-state index in [1.165, 1.54) is 0 Å². The molecule has 0 spiro atoms. The van der Waals surface area contributed by atoms with Gasteiger partial charge in [0.2, 0.25) is 0 Å². The number of rotatable bonds is 4. The van der Waals surface area contributed by atoms with Gasteiger partial charge in [-0.1, -0.05) is 0 Å². The van der Waals surface area contributed by atoms with Crippen molar-refractivity contribution in [3.8, 4) is 11.5 Å². The Labute approximate surface area is 89.8 Å². The van der Waals surface area contributed by atoms with Crippen molar-refractivity contribution in [3.63, 3.8) is 0 Å². The van der Waals surface area contributed by atoms with Gasteiger partial charge in [-0.05, 0) is 25.6 Å². The van der Waals surface area contributed by atoms with Crippen molar-refractivity contribution in [1.29, 1.82) is 0 Å². The molecule has 84 valence electrons. The zero-order valence-electron chi connectivity index (χ0n) is 9.50. The van der Waals surface area contributed by atoms with Crippen LogP contribution in [0, 0.1) is 6.92 Å². The van der Waals surface area contributed by atoms with E-state index in [4.69, 9.17) is 9.47 Å². The molecular weight excluding hydrogens is 194 g/mol. The minimum atomic E-state index is -0.731. The molecule has 0 aliphatic rings. The number of benzene rings is 1. The van der Waals surface area contributed by atoms with E-state index in [1.807, 2.05) is 13.0 Å². The third-order valence-corrected chi connectivity index (χ3v) is 2.32. The number of methoxy groups -OCH3 is 2. The predicted octanol–water partition coefficient (Wildman–Crippen LogP) is 1.22. The lowest BCUT2D eigenvalue weighted by molar-refractivity contribution is 0.144. The molecule has 0 saturated heterocycles. The Kier molecular flexibility index (Phi) is 3.94. The topological polar surface area (TPSA) is 50.7 Å². The van der Waals surface area contributed by atoms with E-state index in [9.17, 15) is 5.11 Å². The van der Waals surface area contributed by atoms with E-state index in [0.717, 1.165) is 16.9 Å². The first-order chi connectivity index (χ1) is 7.13. The van der Waals surface area contributed by atoms with Crippen LogP contribution >= 0.6 is 0 Å². The molecule has 4 nitrogen and oxygen atoms in total. The van der Waals surface area contributed by atoms with E-state index in [1.54, 1.807) is 27.3 Å². The Bertz CT molecular complexity index is 339. The molecule has 0 aromatic heterocycles. The van der Waals surface area contributed by atoms with Crippen LogP contribution in [0.5, 0.6) is 11.5 Å². The number of aliphatic hydroxyl groups is 1. The van der Waals surface area contributed by atoms with E-state index in [-0.39, 0.29) is 0 Å². The van der Waals surface area contributed by atoms with Gasteiger partial charge in [0.1, 0.15) is 17.7 Å². The summed E-state index contributed by atoms with van der Waals surface area (Å²) >= 11 is 0. The SMILES string of the molecule is CNC(O)c1c(C)cc(OC)cc1OC. The summed E-state index contributed by atoms with van der Waals surface area (Å²) in [5, 5.41) is 12.5. The van der Waals surface area contributed by atoms with Gasteiger partial charge in [0.15, 0.2) is 0 Å². The molecule has 2 N–H and O–H groups in total. The first-order valence-corrected chi connectivity index (χ1v) is 4.71. The highest BCUT2D eigenvalue weighted by atomic mass is 16.5. The lowest BCUT2D eigenvalue weighted by atomic mass is 10.1. The molecule has 0 amide bonds. The quantitative estimate of drug-likeness (QED) is 0.735. The number of aryl methyl sites for hydroxylation is 1. The fourth-order valence-electron chi connectivity index (χ4n) is 1.52. The van der Waals surface area contributed by atoms with Crippen molar-refractivity contribution in [2.75, 3.05) is 21.3 Å². The van der Waals surface area contributed by atoms with Crippen LogP contribution in [0.4, 0.5) is 0 Å². The van der Waals surface area contributed by atoms with E-state index in [0.29, 0.717) is 5.75 Å². The molecule has 1 aromatic rings. The van der Waals surface area contributed by atoms with E-state index in [2.05, 4.69) is 5.32 Å². The minimum Gasteiger partial charge on any atom is -0.497 e. The zero-order valence-corrected chi connectivity index (χ0v) is 9.50. The summed E-state index contributed by atoms with van der Waals surface area (Å²) in [5.74, 6) is 1.34. The lowest BCUT2D eigenvalue weighted by Crippen LogP contribution is -2.17. The Morgan fingerprint density at radius 1 is 1.27 bits per heavy atom. The summed E-state index contributed by atoms with van der Waals surface area (Å²) in [6.07, 6.45) is -0.731. The predicted molar refractivity (Wildman–Crippen MR) is 58.3 cm³/mol. The molecule has 4 heteroatoms. The Hall–Kier alpha value is -1.26. The fourth-order valence-corrected chi connectivity index (χ4v) is 1.52. The molecule has 1 unspecified atom stereocenters. The lowest BCUT2D eigenvalue weighted by Gasteiger charge is -2.17. The summed E-state index contributed by atoms with van der Waals surface area (Å²) in [4.78, 5) is 0. The van der Waals surface area contributed by atoms with Crippen molar-refractivity contribution in [3.05, 3.63) is 23.3 Å². The highest BCUT2D eigenvalue weighted by Crippen LogP contribution is 2.31. The van der Waals surface area contributed by atoms with Gasteiger partial charge in [-0.2, -0.15) is 0 Å². The van der Waals surface area contributed by atoms with E-state index >= 15 is 0 Å². The average Bonchev–Trinajstić information content (AvgIpc) is 2.26. The largest absolute Gasteiger partial charge is 0.497 e. The van der Waals surface area contributed by atoms with Gasteiger partial charge in [0.05, 0.1) is 14.2 Å². The number of hydrogen-bond donors (Lipinski definition) is 2. The summed E-state index contributed by atoms with van der Waals surface area (Å²) in [7, 11) is 4.86. The van der Waals surface area contributed by atoms with Crippen molar-refractivity contribution < 1.29 is 14.6 Å². The molecule has 0 aliphatic heterocycles. The molecule has 0 bridgehead atoms. The first-order valence-electron chi connectivity index (χ1n) is 4.71. The van der Waals surface area contributed by atoms with Gasteiger partial charge in [0, 0.05) is 11.6 Å². The van der Waals surface area contributed by atoms with Gasteiger partial charge in [0.25, 0.3) is 0 Å². The van der Waals surface area contributed by atoms with Crippen LogP contribution in [0.15, 0.2) is 12.1 Å². The smallest absolute Gasteiger partial charge is 0.134 e. The average molecular weight is 211 g/mol. The maximum atomic E-state index is 9.75. The summed E-state index contributed by atoms with van der Waals surface area (Å²) in [6, 6.07) is 3.61. The van der Waals surface area contributed by atoms with Crippen LogP contribution < -0.4 is 14.8 Å². The third-order valence-electron chi connectivity index (χ3n) is 2.32. The van der Waals surface area contributed by atoms with Crippen molar-refractivity contribution in [2.45, 2.75) is 13.2 Å². The normalized spacial score (nSPS) is 12.3. The van der Waals surface area contributed by atoms with Crippen LogP contribution in [0.2, 0.25) is 0 Å². The maximum absolute atomic E-state index is 9.75. The molecule has 15 heavy (non-hydrogen) atoms. The first kappa shape index (κ1) is 11.8. The van der Waals surface area contributed by atoms with Crippen molar-refractivity contribution >= 4 is 0 Å². The second kappa shape index (κ2) is 5.00. The second-order valence-electron chi connectivity index (χ2n) is 3.25. The summed E-state index contributed by atoms with van der Waals surface area (Å²) < 4.78 is 10.3. The molecule has 0 aliphatic carbocycles. The van der Waals surface area contributed by atoms with Crippen LogP contribution in [-0.4, -0.2) is 26.4 Å². The number of nitrogens with one attached hydrogen (secondary N) is 1.